The van der Waals surface area contributed by atoms with Crippen molar-refractivity contribution >= 4 is 10.1 Å². The summed E-state index contributed by atoms with van der Waals surface area (Å²) in [5.74, 6) is 0. The van der Waals surface area contributed by atoms with Crippen LogP contribution in [-0.2, 0) is 10.1 Å². The third-order valence-corrected chi connectivity index (χ3v) is 2.24. The lowest BCUT2D eigenvalue weighted by Gasteiger charge is -1.99. The van der Waals surface area contributed by atoms with Gasteiger partial charge in [0.25, 0.3) is 10.1 Å². The topological polar surface area (TPSA) is 54.4 Å². The fraction of sp³-hybridized carbons (Fsp3) is 0.250. The van der Waals surface area contributed by atoms with Gasteiger partial charge >= 0.3 is 0 Å². The molecular weight excluding hydrogens is 176 g/mol. The molecule has 1 N–H and O–H groups in total. The maximum Gasteiger partial charge on any atom is 0.294 e. The Morgan fingerprint density at radius 3 is 2.00 bits per heavy atom. The molecule has 0 saturated heterocycles. The van der Waals surface area contributed by atoms with E-state index in [0.29, 0.717) is 11.1 Å². The summed E-state index contributed by atoms with van der Waals surface area (Å²) >= 11 is 0. The maximum atomic E-state index is 10.7. The first-order valence-corrected chi connectivity index (χ1v) is 4.81. The largest absolute Gasteiger partial charge is 0.294 e. The Morgan fingerprint density at radius 2 is 1.67 bits per heavy atom. The van der Waals surface area contributed by atoms with Crippen LogP contribution < -0.4 is 0 Å². The zero-order chi connectivity index (χ0) is 9.35. The number of benzene rings is 1. The summed E-state index contributed by atoms with van der Waals surface area (Å²) in [7, 11) is -4.07. The molecular formula is C8H9O3S. The van der Waals surface area contributed by atoms with Crippen molar-refractivity contribution < 1.29 is 13.0 Å². The van der Waals surface area contributed by atoms with E-state index in [1.165, 1.54) is 12.1 Å². The fourth-order valence-electron chi connectivity index (χ4n) is 1.00. The third-order valence-electron chi connectivity index (χ3n) is 1.41. The lowest BCUT2D eigenvalue weighted by atomic mass is 10.2. The molecule has 3 nitrogen and oxygen atoms in total. The summed E-state index contributed by atoms with van der Waals surface area (Å²) in [5.41, 5.74) is 1.39. The second-order valence-electron chi connectivity index (χ2n) is 2.66. The van der Waals surface area contributed by atoms with Crippen LogP contribution in [0, 0.1) is 19.9 Å². The van der Waals surface area contributed by atoms with Crippen LogP contribution >= 0.6 is 0 Å². The third kappa shape index (κ3) is 2.06. The minimum absolute atomic E-state index is 0.0729. The zero-order valence-corrected chi connectivity index (χ0v) is 7.64. The SMILES string of the molecule is Cc1[c]c(C)cc(S(=O)(=O)O)c1. The Kier molecular flexibility index (Phi) is 2.21. The molecule has 1 rings (SSSR count). The molecule has 0 aromatic heterocycles. The molecule has 1 aromatic rings. The van der Waals surface area contributed by atoms with Crippen LogP contribution in [0.25, 0.3) is 0 Å². The van der Waals surface area contributed by atoms with Gasteiger partial charge in [0.2, 0.25) is 0 Å². The summed E-state index contributed by atoms with van der Waals surface area (Å²) in [6.07, 6.45) is 0. The van der Waals surface area contributed by atoms with E-state index < -0.39 is 10.1 Å². The first-order valence-electron chi connectivity index (χ1n) is 3.37. The van der Waals surface area contributed by atoms with E-state index in [1.807, 2.05) is 0 Å². The minimum Gasteiger partial charge on any atom is -0.282 e. The highest BCUT2D eigenvalue weighted by molar-refractivity contribution is 7.85. The predicted octanol–water partition coefficient (Wildman–Crippen LogP) is 1.35. The molecule has 0 saturated carbocycles. The van der Waals surface area contributed by atoms with Gasteiger partial charge in [0.05, 0.1) is 4.90 Å². The van der Waals surface area contributed by atoms with Crippen molar-refractivity contribution in [1.29, 1.82) is 0 Å². The summed E-state index contributed by atoms with van der Waals surface area (Å²) in [4.78, 5) is -0.0729. The Labute approximate surface area is 71.8 Å². The molecule has 0 aliphatic rings. The molecule has 0 amide bonds. The van der Waals surface area contributed by atoms with Crippen molar-refractivity contribution in [2.45, 2.75) is 18.7 Å². The number of aryl methyl sites for hydroxylation is 2. The predicted molar refractivity (Wildman–Crippen MR) is 44.6 cm³/mol. The molecule has 1 radical (unpaired) electrons. The highest BCUT2D eigenvalue weighted by Gasteiger charge is 2.09. The highest BCUT2D eigenvalue weighted by atomic mass is 32.2. The summed E-state index contributed by atoms with van der Waals surface area (Å²) in [6, 6.07) is 5.66. The fourth-order valence-corrected chi connectivity index (χ4v) is 1.65. The van der Waals surface area contributed by atoms with Crippen LogP contribution in [0.5, 0.6) is 0 Å². The number of rotatable bonds is 1. The first-order chi connectivity index (χ1) is 5.39. The van der Waals surface area contributed by atoms with E-state index >= 15 is 0 Å². The van der Waals surface area contributed by atoms with Gasteiger partial charge in [-0.2, -0.15) is 8.42 Å². The van der Waals surface area contributed by atoms with Gasteiger partial charge in [-0.1, -0.05) is 0 Å². The molecule has 0 atom stereocenters. The lowest BCUT2D eigenvalue weighted by molar-refractivity contribution is 0.483. The van der Waals surface area contributed by atoms with Crippen molar-refractivity contribution in [2.24, 2.45) is 0 Å². The van der Waals surface area contributed by atoms with E-state index in [-0.39, 0.29) is 4.90 Å². The monoisotopic (exact) mass is 185 g/mol. The molecule has 65 valence electrons. The molecule has 0 heterocycles. The molecule has 0 fully saturated rings. The van der Waals surface area contributed by atoms with Gasteiger partial charge in [-0.3, -0.25) is 4.55 Å². The van der Waals surface area contributed by atoms with Gasteiger partial charge < -0.3 is 0 Å². The second-order valence-corrected chi connectivity index (χ2v) is 4.08. The summed E-state index contributed by atoms with van der Waals surface area (Å²) in [5, 5.41) is 0. The first kappa shape index (κ1) is 9.22. The van der Waals surface area contributed by atoms with Gasteiger partial charge in [0.15, 0.2) is 0 Å². The van der Waals surface area contributed by atoms with Gasteiger partial charge in [0, 0.05) is 0 Å². The lowest BCUT2D eigenvalue weighted by Crippen LogP contribution is -1.98. The second kappa shape index (κ2) is 2.88. The van der Waals surface area contributed by atoms with E-state index in [0.717, 1.165) is 0 Å². The Bertz CT molecular complexity index is 373. The Balaban J connectivity index is 3.37. The van der Waals surface area contributed by atoms with Crippen molar-refractivity contribution in [2.75, 3.05) is 0 Å². The normalized spacial score (nSPS) is 11.6. The minimum atomic E-state index is -4.07. The molecule has 0 spiro atoms. The van der Waals surface area contributed by atoms with Gasteiger partial charge in [-0.05, 0) is 43.2 Å². The average Bonchev–Trinajstić information content (AvgIpc) is 1.82. The zero-order valence-electron chi connectivity index (χ0n) is 6.83. The maximum absolute atomic E-state index is 10.7. The summed E-state index contributed by atoms with van der Waals surface area (Å²) in [6.45, 7) is 3.45. The van der Waals surface area contributed by atoms with Crippen molar-refractivity contribution in [1.82, 2.24) is 0 Å². The van der Waals surface area contributed by atoms with Gasteiger partial charge in [-0.15, -0.1) is 0 Å². The molecule has 1 aromatic carbocycles. The van der Waals surface area contributed by atoms with E-state index in [4.69, 9.17) is 4.55 Å². The van der Waals surface area contributed by atoms with Gasteiger partial charge in [-0.25, -0.2) is 0 Å². The molecule has 0 unspecified atom stereocenters. The molecule has 0 bridgehead atoms. The number of hydrogen-bond acceptors (Lipinski definition) is 2. The van der Waals surface area contributed by atoms with Crippen LogP contribution in [0.3, 0.4) is 0 Å². The van der Waals surface area contributed by atoms with Crippen LogP contribution in [0.1, 0.15) is 11.1 Å². The van der Waals surface area contributed by atoms with Crippen molar-refractivity contribution in [3.8, 4) is 0 Å². The smallest absolute Gasteiger partial charge is 0.282 e. The average molecular weight is 185 g/mol. The highest BCUT2D eigenvalue weighted by Crippen LogP contribution is 2.12. The van der Waals surface area contributed by atoms with Crippen LogP contribution in [0.4, 0.5) is 0 Å². The van der Waals surface area contributed by atoms with Crippen LogP contribution in [-0.4, -0.2) is 13.0 Å². The van der Waals surface area contributed by atoms with Crippen LogP contribution in [0.15, 0.2) is 17.0 Å². The van der Waals surface area contributed by atoms with E-state index in [9.17, 15) is 8.42 Å². The standard InChI is InChI=1S/C8H9O3S/c1-6-3-7(2)5-8(4-6)12(9,10)11/h4-5H,1-2H3,(H,9,10,11). The molecule has 0 aliphatic heterocycles. The van der Waals surface area contributed by atoms with E-state index in [2.05, 4.69) is 6.07 Å². The van der Waals surface area contributed by atoms with Crippen molar-refractivity contribution in [3.05, 3.63) is 29.3 Å². The quantitative estimate of drug-likeness (QED) is 0.672. The van der Waals surface area contributed by atoms with Crippen molar-refractivity contribution in [3.63, 3.8) is 0 Å². The Morgan fingerprint density at radius 1 is 1.25 bits per heavy atom. The van der Waals surface area contributed by atoms with Crippen LogP contribution in [0.2, 0.25) is 0 Å². The molecule has 4 heteroatoms. The molecule has 0 aliphatic carbocycles. The van der Waals surface area contributed by atoms with E-state index in [1.54, 1.807) is 13.8 Å². The number of hydrogen-bond donors (Lipinski definition) is 1. The van der Waals surface area contributed by atoms with Gasteiger partial charge in [0.1, 0.15) is 0 Å². The summed E-state index contributed by atoms with van der Waals surface area (Å²) < 4.78 is 30.1. The Hall–Kier alpha value is -0.870. The molecule has 12 heavy (non-hydrogen) atoms.